The van der Waals surface area contributed by atoms with Crippen LogP contribution in [0.5, 0.6) is 0 Å². The van der Waals surface area contributed by atoms with Crippen molar-refractivity contribution in [2.75, 3.05) is 24.2 Å². The number of likely N-dealkylation sites (tertiary alicyclic amines) is 1. The van der Waals surface area contributed by atoms with E-state index in [0.717, 1.165) is 36.5 Å². The number of carbonyl (C=O) groups excluding carboxylic acids is 2. The van der Waals surface area contributed by atoms with Gasteiger partial charge in [0.2, 0.25) is 5.91 Å². The summed E-state index contributed by atoms with van der Waals surface area (Å²) in [6.07, 6.45) is 2.10. The van der Waals surface area contributed by atoms with Gasteiger partial charge in [0.1, 0.15) is 5.69 Å². The molecule has 0 bridgehead atoms. The number of amides is 2. The highest BCUT2D eigenvalue weighted by atomic mass is 32.2. The van der Waals surface area contributed by atoms with Gasteiger partial charge in [0.05, 0.1) is 22.7 Å². The van der Waals surface area contributed by atoms with E-state index in [4.69, 9.17) is 0 Å². The summed E-state index contributed by atoms with van der Waals surface area (Å²) in [6.45, 7) is 3.41. The summed E-state index contributed by atoms with van der Waals surface area (Å²) in [5, 5.41) is 2.81. The molecule has 0 spiro atoms. The smallest absolute Gasteiger partial charge is 0.295 e. The molecule has 1 fully saturated rings. The lowest BCUT2D eigenvalue weighted by atomic mass is 10.2. The first-order valence-electron chi connectivity index (χ1n) is 10.6. The third-order valence-corrected chi connectivity index (χ3v) is 6.79. The predicted molar refractivity (Wildman–Crippen MR) is 127 cm³/mol. The average molecular weight is 451 g/mol. The number of carbonyl (C=O) groups is 2. The number of nitrogens with one attached hydrogen (secondary N) is 1. The van der Waals surface area contributed by atoms with Gasteiger partial charge in [-0.3, -0.25) is 19.1 Å². The van der Waals surface area contributed by atoms with Crippen molar-refractivity contribution in [3.8, 4) is 5.69 Å². The van der Waals surface area contributed by atoms with E-state index in [-0.39, 0.29) is 28.8 Å². The predicted octanol–water partition coefficient (Wildman–Crippen LogP) is 3.45. The molecule has 2 amide bonds. The van der Waals surface area contributed by atoms with Crippen molar-refractivity contribution >= 4 is 29.3 Å². The second kappa shape index (κ2) is 9.48. The molecule has 166 valence electrons. The molecule has 1 aromatic heterocycles. The topological polar surface area (TPSA) is 76.3 Å². The van der Waals surface area contributed by atoms with Crippen LogP contribution in [0.25, 0.3) is 5.69 Å². The van der Waals surface area contributed by atoms with Crippen LogP contribution in [0.1, 0.15) is 28.9 Å². The molecule has 7 nitrogen and oxygen atoms in total. The van der Waals surface area contributed by atoms with Crippen molar-refractivity contribution < 1.29 is 9.59 Å². The van der Waals surface area contributed by atoms with Crippen molar-refractivity contribution in [2.45, 2.75) is 24.7 Å². The first kappa shape index (κ1) is 22.0. The van der Waals surface area contributed by atoms with Crippen LogP contribution in [-0.2, 0) is 11.8 Å². The lowest BCUT2D eigenvalue weighted by Gasteiger charge is -2.15. The second-order valence-electron chi connectivity index (χ2n) is 7.76. The third kappa shape index (κ3) is 4.36. The van der Waals surface area contributed by atoms with E-state index in [0.29, 0.717) is 11.3 Å². The lowest BCUT2D eigenvalue weighted by molar-refractivity contribution is -0.127. The van der Waals surface area contributed by atoms with Crippen LogP contribution in [0, 0.1) is 6.92 Å². The minimum absolute atomic E-state index is 0.0902. The van der Waals surface area contributed by atoms with Gasteiger partial charge < -0.3 is 10.2 Å². The molecular weight excluding hydrogens is 424 g/mol. The molecule has 1 saturated heterocycles. The number of benzene rings is 2. The van der Waals surface area contributed by atoms with Gasteiger partial charge in [0, 0.05) is 25.0 Å². The number of aromatic nitrogens is 2. The van der Waals surface area contributed by atoms with Gasteiger partial charge in [-0.15, -0.1) is 11.8 Å². The summed E-state index contributed by atoms with van der Waals surface area (Å²) >= 11 is 1.35. The highest BCUT2D eigenvalue weighted by molar-refractivity contribution is 8.00. The highest BCUT2D eigenvalue weighted by Crippen LogP contribution is 2.25. The fraction of sp³-hybridized carbons (Fsp3) is 0.292. The maximum atomic E-state index is 13.1. The van der Waals surface area contributed by atoms with Gasteiger partial charge in [-0.2, -0.15) is 0 Å². The fourth-order valence-electron chi connectivity index (χ4n) is 3.87. The SMILES string of the molecule is Cc1c(NC(=O)c2ccccc2SCC(=O)N2CCCC2)c(=O)n(-c2ccccc2)n1C. The molecule has 1 aliphatic rings. The molecule has 2 aromatic carbocycles. The molecule has 1 aliphatic heterocycles. The maximum Gasteiger partial charge on any atom is 0.295 e. The largest absolute Gasteiger partial charge is 0.342 e. The van der Waals surface area contributed by atoms with Crippen LogP contribution in [0.3, 0.4) is 0 Å². The minimum Gasteiger partial charge on any atom is -0.342 e. The van der Waals surface area contributed by atoms with Crippen molar-refractivity contribution in [3.05, 3.63) is 76.2 Å². The number of thioether (sulfide) groups is 1. The third-order valence-electron chi connectivity index (χ3n) is 5.73. The van der Waals surface area contributed by atoms with Gasteiger partial charge in [0.15, 0.2) is 0 Å². The number of nitrogens with zero attached hydrogens (tertiary/aromatic N) is 3. The normalized spacial score (nSPS) is 13.4. The van der Waals surface area contributed by atoms with Crippen LogP contribution < -0.4 is 10.9 Å². The van der Waals surface area contributed by atoms with Crippen LogP contribution in [0.4, 0.5) is 5.69 Å². The molecule has 0 unspecified atom stereocenters. The van der Waals surface area contributed by atoms with Crippen molar-refractivity contribution in [2.24, 2.45) is 7.05 Å². The Hall–Kier alpha value is -3.26. The molecule has 3 aromatic rings. The molecule has 0 saturated carbocycles. The number of para-hydroxylation sites is 1. The molecule has 1 N–H and O–H groups in total. The summed E-state index contributed by atoms with van der Waals surface area (Å²) in [5.41, 5.74) is 1.77. The number of rotatable bonds is 6. The van der Waals surface area contributed by atoms with Crippen molar-refractivity contribution in [1.82, 2.24) is 14.3 Å². The van der Waals surface area contributed by atoms with E-state index in [2.05, 4.69) is 5.32 Å². The summed E-state index contributed by atoms with van der Waals surface area (Å²) < 4.78 is 3.25. The van der Waals surface area contributed by atoms with Crippen molar-refractivity contribution in [3.63, 3.8) is 0 Å². The summed E-state index contributed by atoms with van der Waals surface area (Å²) in [5.74, 6) is 0.00948. The van der Waals surface area contributed by atoms with E-state index in [9.17, 15) is 14.4 Å². The maximum absolute atomic E-state index is 13.1. The molecule has 0 atom stereocenters. The number of anilines is 1. The van der Waals surface area contributed by atoms with Gasteiger partial charge in [-0.1, -0.05) is 30.3 Å². The quantitative estimate of drug-likeness (QED) is 0.584. The standard InChI is InChI=1S/C24H26N4O3S/c1-17-22(24(31)28(26(17)2)18-10-4-3-5-11-18)25-23(30)19-12-6-7-13-20(19)32-16-21(29)27-14-8-9-15-27/h3-7,10-13H,8-9,14-16H2,1-2H3,(H,25,30). The molecule has 8 heteroatoms. The number of hydrogen-bond acceptors (Lipinski definition) is 4. The van der Waals surface area contributed by atoms with E-state index in [1.54, 1.807) is 30.8 Å². The highest BCUT2D eigenvalue weighted by Gasteiger charge is 2.22. The molecular formula is C24H26N4O3S. The van der Waals surface area contributed by atoms with Crippen LogP contribution in [0.15, 0.2) is 64.3 Å². The first-order valence-corrected chi connectivity index (χ1v) is 11.6. The monoisotopic (exact) mass is 450 g/mol. The van der Waals surface area contributed by atoms with Gasteiger partial charge in [-0.25, -0.2) is 4.68 Å². The van der Waals surface area contributed by atoms with Crippen LogP contribution in [-0.4, -0.2) is 44.9 Å². The van der Waals surface area contributed by atoms with Gasteiger partial charge >= 0.3 is 0 Å². The van der Waals surface area contributed by atoms with Gasteiger partial charge in [-0.05, 0) is 44.0 Å². The van der Waals surface area contributed by atoms with E-state index < -0.39 is 0 Å². The summed E-state index contributed by atoms with van der Waals surface area (Å²) in [6, 6.07) is 16.5. The van der Waals surface area contributed by atoms with E-state index >= 15 is 0 Å². The summed E-state index contributed by atoms with van der Waals surface area (Å²) in [4.78, 5) is 41.2. The lowest BCUT2D eigenvalue weighted by Crippen LogP contribution is -2.29. The number of hydrogen-bond donors (Lipinski definition) is 1. The second-order valence-corrected chi connectivity index (χ2v) is 8.78. The molecule has 0 aliphatic carbocycles. The first-order chi connectivity index (χ1) is 15.5. The van der Waals surface area contributed by atoms with E-state index in [1.165, 1.54) is 16.4 Å². The van der Waals surface area contributed by atoms with Gasteiger partial charge in [0.25, 0.3) is 11.5 Å². The molecule has 2 heterocycles. The van der Waals surface area contributed by atoms with Crippen LogP contribution >= 0.6 is 11.8 Å². The van der Waals surface area contributed by atoms with Crippen LogP contribution in [0.2, 0.25) is 0 Å². The Morgan fingerprint density at radius 3 is 2.38 bits per heavy atom. The zero-order valence-electron chi connectivity index (χ0n) is 18.2. The Morgan fingerprint density at radius 2 is 1.66 bits per heavy atom. The van der Waals surface area contributed by atoms with Crippen molar-refractivity contribution in [1.29, 1.82) is 0 Å². The zero-order chi connectivity index (χ0) is 22.7. The average Bonchev–Trinajstić information content (AvgIpc) is 3.42. The Labute approximate surface area is 191 Å². The zero-order valence-corrected chi connectivity index (χ0v) is 19.0. The Kier molecular flexibility index (Phi) is 6.50. The molecule has 0 radical (unpaired) electrons. The minimum atomic E-state index is -0.368. The van der Waals surface area contributed by atoms with E-state index in [1.807, 2.05) is 47.4 Å². The fourth-order valence-corrected chi connectivity index (χ4v) is 4.82. The Balaban J connectivity index is 1.55. The Bertz CT molecular complexity index is 1190. The molecule has 32 heavy (non-hydrogen) atoms. The summed E-state index contributed by atoms with van der Waals surface area (Å²) in [7, 11) is 1.78. The molecule has 4 rings (SSSR count). The Morgan fingerprint density at radius 1 is 1.00 bits per heavy atom.